The lowest BCUT2D eigenvalue weighted by Crippen LogP contribution is -2.18. The van der Waals surface area contributed by atoms with Crippen molar-refractivity contribution < 1.29 is 23.5 Å². The fourth-order valence-corrected chi connectivity index (χ4v) is 4.69. The summed E-state index contributed by atoms with van der Waals surface area (Å²) < 4.78 is 19.1. The zero-order valence-corrected chi connectivity index (χ0v) is 20.2. The van der Waals surface area contributed by atoms with Gasteiger partial charge in [0.1, 0.15) is 11.5 Å². The van der Waals surface area contributed by atoms with Crippen LogP contribution in [-0.4, -0.2) is 40.6 Å². The number of rotatable bonds is 7. The van der Waals surface area contributed by atoms with E-state index in [1.807, 2.05) is 63.2 Å². The van der Waals surface area contributed by atoms with Crippen LogP contribution in [0.5, 0.6) is 0 Å². The van der Waals surface area contributed by atoms with Gasteiger partial charge in [-0.2, -0.15) is 0 Å². The van der Waals surface area contributed by atoms with E-state index in [-0.39, 0.29) is 18.5 Å². The van der Waals surface area contributed by atoms with Crippen molar-refractivity contribution in [1.29, 1.82) is 0 Å². The molecular weight excluding hydrogens is 444 g/mol. The summed E-state index contributed by atoms with van der Waals surface area (Å²) in [5.41, 5.74) is 3.95. The fraction of sp³-hybridized carbons (Fsp3) is 0.321. The predicted octanol–water partition coefficient (Wildman–Crippen LogP) is 5.44. The van der Waals surface area contributed by atoms with Gasteiger partial charge in [0.15, 0.2) is 12.4 Å². The molecule has 1 fully saturated rings. The van der Waals surface area contributed by atoms with Gasteiger partial charge in [-0.1, -0.05) is 18.2 Å². The van der Waals surface area contributed by atoms with Crippen molar-refractivity contribution >= 4 is 22.7 Å². The number of furan rings is 1. The predicted molar refractivity (Wildman–Crippen MR) is 132 cm³/mol. The quantitative estimate of drug-likeness (QED) is 0.263. The average Bonchev–Trinajstić information content (AvgIpc) is 3.60. The van der Waals surface area contributed by atoms with Crippen molar-refractivity contribution in [3.63, 3.8) is 0 Å². The van der Waals surface area contributed by atoms with Crippen LogP contribution in [0.15, 0.2) is 52.9 Å². The van der Waals surface area contributed by atoms with Gasteiger partial charge in [-0.15, -0.1) is 0 Å². The van der Waals surface area contributed by atoms with Gasteiger partial charge >= 0.3 is 5.97 Å². The Balaban J connectivity index is 1.36. The normalized spacial score (nSPS) is 15.6. The topological polar surface area (TPSA) is 83.6 Å². The van der Waals surface area contributed by atoms with Crippen LogP contribution in [0.2, 0.25) is 0 Å². The van der Waals surface area contributed by atoms with Crippen LogP contribution in [0.3, 0.4) is 0 Å². The Hall–Kier alpha value is -3.71. The number of nitrogens with zero attached hydrogens (tertiary/aromatic N) is 2. The molecule has 1 aromatic carbocycles. The lowest BCUT2D eigenvalue weighted by atomic mass is 10.1. The molecule has 3 aromatic heterocycles. The number of carbonyl (C=O) groups excluding carboxylic acids is 2. The van der Waals surface area contributed by atoms with Gasteiger partial charge in [0.25, 0.3) is 0 Å². The van der Waals surface area contributed by atoms with E-state index >= 15 is 0 Å². The number of aryl methyl sites for hydroxylation is 2. The molecular formula is C28H28N2O5. The number of aromatic nitrogens is 2. The number of ketones is 1. The molecule has 0 radical (unpaired) electrons. The van der Waals surface area contributed by atoms with Gasteiger partial charge in [-0.25, -0.2) is 9.78 Å². The zero-order chi connectivity index (χ0) is 24.5. The van der Waals surface area contributed by atoms with Crippen LogP contribution in [-0.2, 0) is 16.0 Å². The Morgan fingerprint density at radius 3 is 2.66 bits per heavy atom. The zero-order valence-electron chi connectivity index (χ0n) is 20.2. The minimum Gasteiger partial charge on any atom is -0.460 e. The molecule has 1 saturated heterocycles. The maximum Gasteiger partial charge on any atom is 0.339 e. The lowest BCUT2D eigenvalue weighted by Gasteiger charge is -2.14. The largest absolute Gasteiger partial charge is 0.460 e. The van der Waals surface area contributed by atoms with E-state index in [0.717, 1.165) is 43.1 Å². The first-order chi connectivity index (χ1) is 16.9. The monoisotopic (exact) mass is 472 g/mol. The summed E-state index contributed by atoms with van der Waals surface area (Å²) in [6.45, 7) is 6.92. The van der Waals surface area contributed by atoms with Gasteiger partial charge in [-0.3, -0.25) is 4.79 Å². The number of fused-ring (bicyclic) bond motifs is 1. The summed E-state index contributed by atoms with van der Waals surface area (Å²) in [6.07, 6.45) is 2.27. The molecule has 4 heterocycles. The third kappa shape index (κ3) is 4.64. The summed E-state index contributed by atoms with van der Waals surface area (Å²) in [5, 5.41) is 0.659. The second kappa shape index (κ2) is 9.50. The molecule has 7 nitrogen and oxygen atoms in total. The number of Topliss-reactive ketones (excluding diaryl/α,β-unsaturated/α-hetero) is 1. The number of esters is 1. The van der Waals surface area contributed by atoms with Crippen molar-refractivity contribution in [2.24, 2.45) is 0 Å². The SMILES string of the molecule is Cc1ccc(-c2cc(C(=O)OCC(=O)c3cc(C)n(CC4CCCO4)c3C)c3ccccc3n2)o1. The lowest BCUT2D eigenvalue weighted by molar-refractivity contribution is 0.0476. The molecule has 0 N–H and O–H groups in total. The second-order valence-corrected chi connectivity index (χ2v) is 9.01. The Morgan fingerprint density at radius 1 is 1.09 bits per heavy atom. The van der Waals surface area contributed by atoms with Crippen molar-refractivity contribution in [2.45, 2.75) is 46.3 Å². The highest BCUT2D eigenvalue weighted by atomic mass is 16.5. The third-order valence-corrected chi connectivity index (χ3v) is 6.55. The highest BCUT2D eigenvalue weighted by molar-refractivity contribution is 6.06. The van der Waals surface area contributed by atoms with Crippen LogP contribution < -0.4 is 0 Å². The number of pyridine rings is 1. The molecule has 35 heavy (non-hydrogen) atoms. The molecule has 7 heteroatoms. The Morgan fingerprint density at radius 2 is 1.91 bits per heavy atom. The minimum absolute atomic E-state index is 0.174. The highest BCUT2D eigenvalue weighted by Gasteiger charge is 2.23. The number of benzene rings is 1. The molecule has 0 bridgehead atoms. The molecule has 0 amide bonds. The molecule has 1 unspecified atom stereocenters. The number of hydrogen-bond acceptors (Lipinski definition) is 6. The maximum atomic E-state index is 13.1. The van der Waals surface area contributed by atoms with E-state index in [4.69, 9.17) is 13.9 Å². The summed E-state index contributed by atoms with van der Waals surface area (Å²) in [4.78, 5) is 30.8. The van der Waals surface area contributed by atoms with Crippen LogP contribution in [0.4, 0.5) is 0 Å². The summed E-state index contributed by atoms with van der Waals surface area (Å²) in [7, 11) is 0. The first kappa shape index (κ1) is 23.1. The first-order valence-electron chi connectivity index (χ1n) is 11.9. The Labute approximate surface area is 203 Å². The van der Waals surface area contributed by atoms with E-state index in [9.17, 15) is 9.59 Å². The third-order valence-electron chi connectivity index (χ3n) is 6.55. The van der Waals surface area contributed by atoms with Crippen molar-refractivity contribution in [2.75, 3.05) is 13.2 Å². The first-order valence-corrected chi connectivity index (χ1v) is 11.9. The van der Waals surface area contributed by atoms with E-state index < -0.39 is 5.97 Å². The van der Waals surface area contributed by atoms with E-state index in [2.05, 4.69) is 9.55 Å². The molecule has 0 aliphatic carbocycles. The van der Waals surface area contributed by atoms with E-state index in [1.165, 1.54) is 0 Å². The van der Waals surface area contributed by atoms with Crippen molar-refractivity contribution in [3.05, 3.63) is 76.8 Å². The van der Waals surface area contributed by atoms with Crippen LogP contribution in [0.1, 0.15) is 50.7 Å². The number of hydrogen-bond donors (Lipinski definition) is 0. The molecule has 4 aromatic rings. The van der Waals surface area contributed by atoms with E-state index in [0.29, 0.717) is 33.5 Å². The number of para-hydroxylation sites is 1. The summed E-state index contributed by atoms with van der Waals surface area (Å²) in [6, 6.07) is 14.5. The second-order valence-electron chi connectivity index (χ2n) is 9.01. The fourth-order valence-electron chi connectivity index (χ4n) is 4.69. The van der Waals surface area contributed by atoms with Gasteiger partial charge in [0, 0.05) is 35.5 Å². The van der Waals surface area contributed by atoms with Crippen LogP contribution in [0.25, 0.3) is 22.4 Å². The molecule has 1 aliphatic rings. The molecule has 1 aliphatic heterocycles. The van der Waals surface area contributed by atoms with Gasteiger partial charge in [-0.05, 0) is 63.9 Å². The molecule has 180 valence electrons. The Bertz CT molecular complexity index is 1410. The Kier molecular flexibility index (Phi) is 6.26. The summed E-state index contributed by atoms with van der Waals surface area (Å²) >= 11 is 0. The summed E-state index contributed by atoms with van der Waals surface area (Å²) in [5.74, 6) is 0.513. The van der Waals surface area contributed by atoms with E-state index in [1.54, 1.807) is 6.07 Å². The van der Waals surface area contributed by atoms with Gasteiger partial charge in [0.05, 0.1) is 17.2 Å². The number of carbonyl (C=O) groups is 2. The van der Waals surface area contributed by atoms with Crippen molar-refractivity contribution in [1.82, 2.24) is 9.55 Å². The van der Waals surface area contributed by atoms with Gasteiger partial charge in [0.2, 0.25) is 5.78 Å². The molecule has 0 spiro atoms. The standard InChI is InChI=1S/C28H28N2O5/c1-17-13-22(19(3)30(17)15-20-7-6-12-33-20)26(31)16-34-28(32)23-14-25(27-11-10-18(2)35-27)29-24-9-5-4-8-21(23)24/h4-5,8-11,13-14,20H,6-7,12,15-16H2,1-3H3. The smallest absolute Gasteiger partial charge is 0.339 e. The number of ether oxygens (including phenoxy) is 2. The maximum absolute atomic E-state index is 13.1. The van der Waals surface area contributed by atoms with Crippen LogP contribution in [0, 0.1) is 20.8 Å². The molecule has 0 saturated carbocycles. The van der Waals surface area contributed by atoms with Crippen LogP contribution >= 0.6 is 0 Å². The average molecular weight is 473 g/mol. The molecule has 1 atom stereocenters. The molecule has 5 rings (SSSR count). The minimum atomic E-state index is -0.574. The van der Waals surface area contributed by atoms with Gasteiger partial charge < -0.3 is 18.5 Å². The highest BCUT2D eigenvalue weighted by Crippen LogP contribution is 2.27. The van der Waals surface area contributed by atoms with Crippen molar-refractivity contribution in [3.8, 4) is 11.5 Å².